The van der Waals surface area contributed by atoms with E-state index < -0.39 is 21.4 Å². The molecule has 5 nitrogen and oxygen atoms in total. The van der Waals surface area contributed by atoms with Gasteiger partial charge in [0, 0.05) is 5.56 Å². The van der Waals surface area contributed by atoms with Crippen LogP contribution >= 0.6 is 0 Å². The topological polar surface area (TPSA) is 69.7 Å². The Morgan fingerprint density at radius 3 is 2.72 bits per heavy atom. The summed E-state index contributed by atoms with van der Waals surface area (Å²) in [5.74, 6) is 0.211. The molecule has 1 aromatic rings. The van der Waals surface area contributed by atoms with Crippen molar-refractivity contribution in [1.29, 1.82) is 0 Å². The summed E-state index contributed by atoms with van der Waals surface area (Å²) in [4.78, 5) is 11.9. The molecule has 2 rings (SSSR count). The number of hydrogen-bond acceptors (Lipinski definition) is 5. The molecule has 1 aliphatic rings. The molecule has 0 fully saturated rings. The van der Waals surface area contributed by atoms with Gasteiger partial charge in [-0.25, -0.2) is 8.42 Å². The van der Waals surface area contributed by atoms with Crippen LogP contribution in [-0.4, -0.2) is 32.5 Å². The largest absolute Gasteiger partial charge is 0.454 e. The zero-order valence-corrected chi connectivity index (χ0v) is 10.8. The number of ketones is 1. The second-order valence-corrected chi connectivity index (χ2v) is 6.27. The third-order valence-electron chi connectivity index (χ3n) is 2.56. The first kappa shape index (κ1) is 12.9. The number of sulfone groups is 1. The van der Waals surface area contributed by atoms with Crippen molar-refractivity contribution in [3.8, 4) is 11.5 Å². The smallest absolute Gasteiger partial charge is 0.231 e. The molecule has 0 saturated carbocycles. The van der Waals surface area contributed by atoms with E-state index in [1.54, 1.807) is 19.1 Å². The molecule has 18 heavy (non-hydrogen) atoms. The maximum atomic E-state index is 11.9. The first-order chi connectivity index (χ1) is 8.52. The number of ether oxygens (including phenoxy) is 2. The fourth-order valence-corrected chi connectivity index (χ4v) is 3.07. The molecule has 0 bridgehead atoms. The first-order valence-electron chi connectivity index (χ1n) is 5.65. The summed E-state index contributed by atoms with van der Waals surface area (Å²) in [5, 5.41) is 0. The van der Waals surface area contributed by atoms with Crippen LogP contribution in [0, 0.1) is 0 Å². The molecule has 0 amide bonds. The predicted molar refractivity (Wildman–Crippen MR) is 65.8 cm³/mol. The van der Waals surface area contributed by atoms with E-state index in [9.17, 15) is 13.2 Å². The van der Waals surface area contributed by atoms with Gasteiger partial charge in [-0.3, -0.25) is 4.79 Å². The minimum Gasteiger partial charge on any atom is -0.454 e. The number of Topliss-reactive ketones (excluding diaryl/α,β-unsaturated/α-hetero) is 1. The van der Waals surface area contributed by atoms with Crippen LogP contribution < -0.4 is 9.47 Å². The number of carbonyl (C=O) groups excluding carboxylic acids is 1. The third kappa shape index (κ3) is 2.81. The summed E-state index contributed by atoms with van der Waals surface area (Å²) in [7, 11) is -3.31. The van der Waals surface area contributed by atoms with Crippen LogP contribution in [0.2, 0.25) is 0 Å². The van der Waals surface area contributed by atoms with Gasteiger partial charge in [0.05, 0.1) is 5.75 Å². The average Bonchev–Trinajstić information content (AvgIpc) is 2.74. The summed E-state index contributed by atoms with van der Waals surface area (Å²) in [5.41, 5.74) is 0.332. The highest BCUT2D eigenvalue weighted by Gasteiger charge is 2.20. The van der Waals surface area contributed by atoms with Crippen LogP contribution in [0.25, 0.3) is 0 Å². The van der Waals surface area contributed by atoms with E-state index in [4.69, 9.17) is 9.47 Å². The summed E-state index contributed by atoms with van der Waals surface area (Å²) >= 11 is 0. The molecule has 0 N–H and O–H groups in total. The maximum Gasteiger partial charge on any atom is 0.231 e. The summed E-state index contributed by atoms with van der Waals surface area (Å²) in [6.45, 7) is 1.89. The van der Waals surface area contributed by atoms with Gasteiger partial charge in [0.25, 0.3) is 0 Å². The lowest BCUT2D eigenvalue weighted by molar-refractivity contribution is 0.102. The van der Waals surface area contributed by atoms with Gasteiger partial charge < -0.3 is 9.47 Å². The Hall–Kier alpha value is -1.56. The normalized spacial score (nSPS) is 13.6. The average molecular weight is 270 g/mol. The molecule has 0 radical (unpaired) electrons. The van der Waals surface area contributed by atoms with E-state index in [0.717, 1.165) is 0 Å². The number of fused-ring (bicyclic) bond motifs is 1. The van der Waals surface area contributed by atoms with Crippen molar-refractivity contribution in [2.75, 3.05) is 18.3 Å². The molecule has 98 valence electrons. The second kappa shape index (κ2) is 4.97. The highest BCUT2D eigenvalue weighted by molar-refractivity contribution is 7.92. The number of carbonyl (C=O) groups is 1. The quantitative estimate of drug-likeness (QED) is 0.757. The van der Waals surface area contributed by atoms with E-state index in [1.165, 1.54) is 6.07 Å². The molecule has 1 heterocycles. The van der Waals surface area contributed by atoms with E-state index in [-0.39, 0.29) is 12.5 Å². The van der Waals surface area contributed by atoms with E-state index in [1.807, 2.05) is 0 Å². The van der Waals surface area contributed by atoms with Crippen molar-refractivity contribution in [2.45, 2.75) is 13.3 Å². The van der Waals surface area contributed by atoms with Crippen molar-refractivity contribution in [3.05, 3.63) is 23.8 Å². The van der Waals surface area contributed by atoms with E-state index in [0.29, 0.717) is 23.5 Å². The zero-order chi connectivity index (χ0) is 13.2. The molecule has 0 spiro atoms. The van der Waals surface area contributed by atoms with Crippen molar-refractivity contribution in [2.24, 2.45) is 0 Å². The molecular weight excluding hydrogens is 256 g/mol. The van der Waals surface area contributed by atoms with Gasteiger partial charge in [-0.1, -0.05) is 6.92 Å². The molecule has 0 atom stereocenters. The number of benzene rings is 1. The van der Waals surface area contributed by atoms with Crippen LogP contribution in [0.3, 0.4) is 0 Å². The van der Waals surface area contributed by atoms with Gasteiger partial charge >= 0.3 is 0 Å². The van der Waals surface area contributed by atoms with Crippen LogP contribution in [0.1, 0.15) is 23.7 Å². The van der Waals surface area contributed by atoms with Crippen LogP contribution in [0.5, 0.6) is 11.5 Å². The van der Waals surface area contributed by atoms with Gasteiger partial charge in [-0.2, -0.15) is 0 Å². The molecule has 6 heteroatoms. The molecule has 1 aromatic carbocycles. The fraction of sp³-hybridized carbons (Fsp3) is 0.417. The van der Waals surface area contributed by atoms with Gasteiger partial charge in [0.15, 0.2) is 27.1 Å². The van der Waals surface area contributed by atoms with Crippen LogP contribution in [0.4, 0.5) is 0 Å². The Morgan fingerprint density at radius 1 is 1.28 bits per heavy atom. The molecule has 1 aliphatic heterocycles. The lowest BCUT2D eigenvalue weighted by Crippen LogP contribution is -2.18. The van der Waals surface area contributed by atoms with Crippen molar-refractivity contribution >= 4 is 15.6 Å². The van der Waals surface area contributed by atoms with Crippen LogP contribution in [0.15, 0.2) is 18.2 Å². The van der Waals surface area contributed by atoms with Crippen molar-refractivity contribution in [1.82, 2.24) is 0 Å². The Kier molecular flexibility index (Phi) is 3.56. The highest BCUT2D eigenvalue weighted by Crippen LogP contribution is 2.32. The molecule has 0 unspecified atom stereocenters. The van der Waals surface area contributed by atoms with E-state index >= 15 is 0 Å². The minimum atomic E-state index is -3.31. The lowest BCUT2D eigenvalue weighted by Gasteiger charge is -2.03. The summed E-state index contributed by atoms with van der Waals surface area (Å²) in [6, 6.07) is 4.69. The van der Waals surface area contributed by atoms with Gasteiger partial charge in [-0.05, 0) is 24.6 Å². The lowest BCUT2D eigenvalue weighted by atomic mass is 10.1. The van der Waals surface area contributed by atoms with Gasteiger partial charge in [0.1, 0.15) is 5.75 Å². The fourth-order valence-electron chi connectivity index (χ4n) is 1.74. The Morgan fingerprint density at radius 2 is 2.00 bits per heavy atom. The Bertz CT molecular complexity index is 562. The summed E-state index contributed by atoms with van der Waals surface area (Å²) < 4.78 is 33.4. The van der Waals surface area contributed by atoms with Crippen molar-refractivity contribution in [3.63, 3.8) is 0 Å². The Labute approximate surface area is 106 Å². The van der Waals surface area contributed by atoms with E-state index in [2.05, 4.69) is 0 Å². The standard InChI is InChI=1S/C12H14O5S/c1-2-5-18(14,15)7-10(13)9-3-4-11-12(6-9)17-8-16-11/h3-4,6H,2,5,7-8H2,1H3. The van der Waals surface area contributed by atoms with Crippen LogP contribution in [-0.2, 0) is 9.84 Å². The van der Waals surface area contributed by atoms with Crippen molar-refractivity contribution < 1.29 is 22.7 Å². The zero-order valence-electron chi connectivity index (χ0n) is 10.0. The second-order valence-electron chi connectivity index (χ2n) is 4.08. The molecular formula is C12H14O5S. The molecule has 0 saturated heterocycles. The molecule has 0 aliphatic carbocycles. The summed E-state index contributed by atoms with van der Waals surface area (Å²) in [6.07, 6.45) is 0.511. The van der Waals surface area contributed by atoms with Gasteiger partial charge in [0.2, 0.25) is 6.79 Å². The number of rotatable bonds is 5. The van der Waals surface area contributed by atoms with Gasteiger partial charge in [-0.15, -0.1) is 0 Å². The monoisotopic (exact) mass is 270 g/mol. The minimum absolute atomic E-state index is 0.0310. The Balaban J connectivity index is 2.15. The predicted octanol–water partition coefficient (Wildman–Crippen LogP) is 1.42. The highest BCUT2D eigenvalue weighted by atomic mass is 32.2. The molecule has 0 aromatic heterocycles. The SMILES string of the molecule is CCCS(=O)(=O)CC(=O)c1ccc2c(c1)OCO2. The number of hydrogen-bond donors (Lipinski definition) is 0. The first-order valence-corrected chi connectivity index (χ1v) is 7.47. The maximum absolute atomic E-state index is 11.9. The third-order valence-corrected chi connectivity index (χ3v) is 4.29.